The lowest BCUT2D eigenvalue weighted by molar-refractivity contribution is -0.142. The predicted octanol–water partition coefficient (Wildman–Crippen LogP) is 4.13. The molecule has 9 nitrogen and oxygen atoms in total. The molecule has 4 aromatic rings. The van der Waals surface area contributed by atoms with Crippen LogP contribution < -0.4 is 14.8 Å². The molecule has 0 aliphatic carbocycles. The van der Waals surface area contributed by atoms with Crippen LogP contribution in [0.15, 0.2) is 72.8 Å². The van der Waals surface area contributed by atoms with Gasteiger partial charge in [-0.05, 0) is 68.3 Å². The van der Waals surface area contributed by atoms with Gasteiger partial charge in [0.15, 0.2) is 0 Å². The Morgan fingerprint density at radius 1 is 0.947 bits per heavy atom. The molecule has 1 aromatic heterocycles. The van der Waals surface area contributed by atoms with Gasteiger partial charge in [0.25, 0.3) is 0 Å². The molecule has 0 aliphatic rings. The lowest BCUT2D eigenvalue weighted by Crippen LogP contribution is -2.49. The van der Waals surface area contributed by atoms with Gasteiger partial charge < -0.3 is 19.7 Å². The average Bonchev–Trinajstić information content (AvgIpc) is 3.30. The van der Waals surface area contributed by atoms with Crippen molar-refractivity contribution < 1.29 is 19.1 Å². The summed E-state index contributed by atoms with van der Waals surface area (Å²) in [6.07, 6.45) is 0. The van der Waals surface area contributed by atoms with E-state index < -0.39 is 11.6 Å². The molecule has 198 valence electrons. The Morgan fingerprint density at radius 3 is 2.34 bits per heavy atom. The van der Waals surface area contributed by atoms with Crippen LogP contribution in [0.5, 0.6) is 11.5 Å². The maximum atomic E-state index is 14.0. The van der Waals surface area contributed by atoms with E-state index in [0.29, 0.717) is 22.6 Å². The van der Waals surface area contributed by atoms with E-state index in [1.165, 1.54) is 0 Å². The number of hydrogen-bond acceptors (Lipinski definition) is 6. The Bertz CT molecular complexity index is 1430. The van der Waals surface area contributed by atoms with Gasteiger partial charge in [-0.2, -0.15) is 0 Å². The second-order valence-electron chi connectivity index (χ2n) is 10.0. The molecule has 0 aliphatic heterocycles. The number of nitrogens with one attached hydrogen (secondary N) is 1. The van der Waals surface area contributed by atoms with E-state index in [1.54, 1.807) is 35.9 Å². The SMILES string of the molecule is COc1cccc(CN(C(=O)Cn2nnc3ccccc32)C(C(=O)NC(C)(C)C)c2cccc(OC)c2)c1. The van der Waals surface area contributed by atoms with Crippen molar-refractivity contribution in [1.29, 1.82) is 0 Å². The Balaban J connectivity index is 1.79. The van der Waals surface area contributed by atoms with Crippen molar-refractivity contribution in [2.45, 2.75) is 45.4 Å². The van der Waals surface area contributed by atoms with Gasteiger partial charge in [-0.1, -0.05) is 41.6 Å². The topological polar surface area (TPSA) is 98.6 Å². The third-order valence-electron chi connectivity index (χ3n) is 5.98. The van der Waals surface area contributed by atoms with Crippen molar-refractivity contribution in [2.24, 2.45) is 0 Å². The minimum atomic E-state index is -0.933. The summed E-state index contributed by atoms with van der Waals surface area (Å²) >= 11 is 0. The molecule has 1 atom stereocenters. The lowest BCUT2D eigenvalue weighted by atomic mass is 10.0. The molecule has 1 unspecified atom stereocenters. The van der Waals surface area contributed by atoms with Crippen molar-refractivity contribution in [3.8, 4) is 11.5 Å². The molecule has 1 N–H and O–H groups in total. The van der Waals surface area contributed by atoms with Crippen molar-refractivity contribution in [3.63, 3.8) is 0 Å². The fraction of sp³-hybridized carbons (Fsp3) is 0.310. The number of amides is 2. The van der Waals surface area contributed by atoms with Gasteiger partial charge in [-0.15, -0.1) is 5.10 Å². The van der Waals surface area contributed by atoms with Crippen LogP contribution in [0.4, 0.5) is 0 Å². The van der Waals surface area contributed by atoms with Crippen LogP contribution in [0.3, 0.4) is 0 Å². The summed E-state index contributed by atoms with van der Waals surface area (Å²) in [4.78, 5) is 29.4. The van der Waals surface area contributed by atoms with Crippen LogP contribution in [0.25, 0.3) is 11.0 Å². The highest BCUT2D eigenvalue weighted by atomic mass is 16.5. The molecule has 4 rings (SSSR count). The Labute approximate surface area is 222 Å². The molecule has 38 heavy (non-hydrogen) atoms. The number of rotatable bonds is 9. The lowest BCUT2D eigenvalue weighted by Gasteiger charge is -2.34. The molecule has 9 heteroatoms. The molecule has 0 saturated heterocycles. The molecule has 1 heterocycles. The molecule has 0 fully saturated rings. The van der Waals surface area contributed by atoms with Crippen LogP contribution in [0.1, 0.15) is 37.9 Å². The van der Waals surface area contributed by atoms with Gasteiger partial charge in [0.2, 0.25) is 11.8 Å². The van der Waals surface area contributed by atoms with E-state index in [-0.39, 0.29) is 24.9 Å². The molecule has 0 spiro atoms. The first-order chi connectivity index (χ1) is 18.2. The van der Waals surface area contributed by atoms with Crippen LogP contribution in [0.2, 0.25) is 0 Å². The largest absolute Gasteiger partial charge is 0.497 e. The highest BCUT2D eigenvalue weighted by Gasteiger charge is 2.34. The van der Waals surface area contributed by atoms with Crippen molar-refractivity contribution in [3.05, 3.63) is 83.9 Å². The van der Waals surface area contributed by atoms with Crippen molar-refractivity contribution in [2.75, 3.05) is 14.2 Å². The number of carbonyl (C=O) groups is 2. The van der Waals surface area contributed by atoms with E-state index in [2.05, 4.69) is 15.6 Å². The molecule has 0 saturated carbocycles. The number of methoxy groups -OCH3 is 2. The Hall–Kier alpha value is -4.40. The van der Waals surface area contributed by atoms with E-state index >= 15 is 0 Å². The quantitative estimate of drug-likeness (QED) is 0.360. The number of hydrogen-bond donors (Lipinski definition) is 1. The zero-order valence-corrected chi connectivity index (χ0v) is 22.3. The number of ether oxygens (including phenoxy) is 2. The van der Waals surface area contributed by atoms with E-state index in [1.807, 2.05) is 81.4 Å². The summed E-state index contributed by atoms with van der Waals surface area (Å²) in [7, 11) is 3.16. The maximum absolute atomic E-state index is 14.0. The zero-order chi connectivity index (χ0) is 27.3. The summed E-state index contributed by atoms with van der Waals surface area (Å²) in [5, 5.41) is 11.4. The van der Waals surface area contributed by atoms with E-state index in [4.69, 9.17) is 9.47 Å². The third-order valence-corrected chi connectivity index (χ3v) is 5.98. The normalized spacial score (nSPS) is 12.1. The number of nitrogens with zero attached hydrogens (tertiary/aromatic N) is 4. The predicted molar refractivity (Wildman–Crippen MR) is 145 cm³/mol. The van der Waals surface area contributed by atoms with Gasteiger partial charge in [0.1, 0.15) is 29.6 Å². The zero-order valence-electron chi connectivity index (χ0n) is 22.3. The highest BCUT2D eigenvalue weighted by Crippen LogP contribution is 2.29. The average molecular weight is 516 g/mol. The third kappa shape index (κ3) is 6.29. The number of fused-ring (bicyclic) bond motifs is 1. The molecule has 3 aromatic carbocycles. The first-order valence-corrected chi connectivity index (χ1v) is 12.3. The second-order valence-corrected chi connectivity index (χ2v) is 10.0. The van der Waals surface area contributed by atoms with Gasteiger partial charge in [-0.25, -0.2) is 4.68 Å². The van der Waals surface area contributed by atoms with E-state index in [0.717, 1.165) is 11.1 Å². The fourth-order valence-corrected chi connectivity index (χ4v) is 4.27. The number of aromatic nitrogens is 3. The summed E-state index contributed by atoms with van der Waals surface area (Å²) < 4.78 is 12.4. The highest BCUT2D eigenvalue weighted by molar-refractivity contribution is 5.89. The molecule has 0 radical (unpaired) electrons. The number of para-hydroxylation sites is 1. The van der Waals surface area contributed by atoms with Crippen LogP contribution in [-0.4, -0.2) is 51.5 Å². The summed E-state index contributed by atoms with van der Waals surface area (Å²) in [5.74, 6) is 0.659. The van der Waals surface area contributed by atoms with Crippen molar-refractivity contribution >= 4 is 22.8 Å². The fourth-order valence-electron chi connectivity index (χ4n) is 4.27. The molecule has 2 amide bonds. The number of carbonyl (C=O) groups excluding carboxylic acids is 2. The molecular weight excluding hydrogens is 482 g/mol. The minimum Gasteiger partial charge on any atom is -0.497 e. The summed E-state index contributed by atoms with van der Waals surface area (Å²) in [6, 6.07) is 21.2. The molecule has 0 bridgehead atoms. The van der Waals surface area contributed by atoms with Gasteiger partial charge in [-0.3, -0.25) is 9.59 Å². The van der Waals surface area contributed by atoms with E-state index in [9.17, 15) is 9.59 Å². The van der Waals surface area contributed by atoms with Gasteiger partial charge >= 0.3 is 0 Å². The monoisotopic (exact) mass is 515 g/mol. The number of benzene rings is 3. The minimum absolute atomic E-state index is 0.0895. The summed E-state index contributed by atoms with van der Waals surface area (Å²) in [6.45, 7) is 5.80. The van der Waals surface area contributed by atoms with Crippen LogP contribution in [-0.2, 0) is 22.7 Å². The smallest absolute Gasteiger partial charge is 0.247 e. The Kier molecular flexibility index (Phi) is 7.95. The standard InChI is InChI=1S/C29H33N5O4/c1-29(2,3)30-28(36)27(21-11-9-13-23(17-21)38-5)33(18-20-10-8-12-22(16-20)37-4)26(35)19-34-25-15-7-6-14-24(25)31-32-34/h6-17,27H,18-19H2,1-5H3,(H,30,36). The van der Waals surface area contributed by atoms with Gasteiger partial charge in [0.05, 0.1) is 19.7 Å². The Morgan fingerprint density at radius 2 is 1.63 bits per heavy atom. The van der Waals surface area contributed by atoms with Gasteiger partial charge in [0, 0.05) is 12.1 Å². The maximum Gasteiger partial charge on any atom is 0.247 e. The van der Waals surface area contributed by atoms with Crippen LogP contribution in [0, 0.1) is 0 Å². The molecular formula is C29H33N5O4. The second kappa shape index (κ2) is 11.3. The van der Waals surface area contributed by atoms with Crippen LogP contribution >= 0.6 is 0 Å². The first-order valence-electron chi connectivity index (χ1n) is 12.3. The summed E-state index contributed by atoms with van der Waals surface area (Å²) in [5.41, 5.74) is 2.36. The van der Waals surface area contributed by atoms with Crippen molar-refractivity contribution in [1.82, 2.24) is 25.2 Å². The first kappa shape index (κ1) is 26.7.